The number of rotatable bonds is 21. The first kappa shape index (κ1) is 49.4. The highest BCUT2D eigenvalue weighted by Gasteiger charge is 2.25. The number of carbonyl (C=O) groups is 4. The molecule has 1 aliphatic rings. The number of halogens is 1. The molecule has 8 N–H and O–H groups in total. The number of nitrogens with zero attached hydrogens (tertiary/aromatic N) is 8. The van der Waals surface area contributed by atoms with Crippen molar-refractivity contribution in [3.8, 4) is 11.1 Å². The van der Waals surface area contributed by atoms with Gasteiger partial charge >= 0.3 is 5.97 Å². The Kier molecular flexibility index (Phi) is 16.8. The van der Waals surface area contributed by atoms with Gasteiger partial charge in [-0.25, -0.2) is 0 Å². The first-order valence-corrected chi connectivity index (χ1v) is 23.0. The Labute approximate surface area is 403 Å². The third-order valence-electron chi connectivity index (χ3n) is 11.5. The van der Waals surface area contributed by atoms with Crippen LogP contribution in [0, 0.1) is 12.8 Å². The van der Waals surface area contributed by atoms with Crippen LogP contribution in [0.5, 0.6) is 0 Å². The molecule has 6 aromatic rings. The number of allylic oxidation sites excluding steroid dienone is 1. The van der Waals surface area contributed by atoms with Crippen LogP contribution in [0.4, 0.5) is 23.3 Å². The number of hydrogen-bond donors (Lipinski definition) is 7. The predicted molar refractivity (Wildman–Crippen MR) is 262 cm³/mol. The van der Waals surface area contributed by atoms with Gasteiger partial charge in [0, 0.05) is 62.8 Å². The summed E-state index contributed by atoms with van der Waals surface area (Å²) in [5.41, 5.74) is 11.5. The maximum atomic E-state index is 13.3. The molecule has 0 atom stereocenters. The van der Waals surface area contributed by atoms with E-state index >= 15 is 0 Å². The Hall–Kier alpha value is -7.55. The van der Waals surface area contributed by atoms with Gasteiger partial charge in [0.15, 0.2) is 5.76 Å². The second-order valence-corrected chi connectivity index (χ2v) is 16.7. The van der Waals surface area contributed by atoms with Crippen molar-refractivity contribution in [1.82, 2.24) is 50.1 Å². The number of carbonyl (C=O) groups excluding carboxylic acids is 3. The van der Waals surface area contributed by atoms with E-state index in [0.29, 0.717) is 105 Å². The van der Waals surface area contributed by atoms with Gasteiger partial charge in [-0.05, 0) is 98.3 Å². The average Bonchev–Trinajstić information content (AvgIpc) is 3.79. The third kappa shape index (κ3) is 12.9. The molecule has 0 radical (unpaired) electrons. The Morgan fingerprint density at radius 1 is 0.870 bits per heavy atom. The first-order valence-electron chi connectivity index (χ1n) is 22.6. The van der Waals surface area contributed by atoms with Crippen molar-refractivity contribution in [2.45, 2.75) is 59.0 Å². The van der Waals surface area contributed by atoms with Crippen LogP contribution in [0.25, 0.3) is 22.7 Å². The lowest BCUT2D eigenvalue weighted by atomic mass is 9.97. The molecule has 0 saturated carbocycles. The third-order valence-corrected chi connectivity index (χ3v) is 11.9. The lowest BCUT2D eigenvalue weighted by Crippen LogP contribution is -2.35. The van der Waals surface area contributed by atoms with Crippen LogP contribution in [-0.4, -0.2) is 108 Å². The molecule has 1 fully saturated rings. The standard InChI is InChI=1S/C48H55ClN14O6/c1-4-8-39(69-3)42-58-48-60-47(59-46(50)63(48)61-42)53-20-7-13-40(64)52-22-21-51-25-30-14-16-37(54-26-30)43(65)56-35-11-5-9-33(29(35)2)34-10-6-12-36(41(34)49)57-44(66)38-17-15-31(27-55-38)28-62-23-18-32(19-24-62)45(67)68/h5-6,8-12,14-17,26-27,32,51H,4,7,13,18-25,28H2,1-3H3,(H,52,64)(H,56,65)(H,57,66)(H,67,68)(H3,50,53,58,59,60,61)/b39-8-. The number of likely N-dealkylation sites (tertiary alicyclic amines) is 1. The number of nitrogen functional groups attached to an aromatic ring is 1. The number of pyridine rings is 2. The summed E-state index contributed by atoms with van der Waals surface area (Å²) < 4.78 is 6.70. The van der Waals surface area contributed by atoms with Crippen molar-refractivity contribution >= 4 is 70.1 Å². The number of anilines is 4. The smallest absolute Gasteiger partial charge is 0.306 e. The normalized spacial score (nSPS) is 13.2. The topological polar surface area (TPSA) is 269 Å². The summed E-state index contributed by atoms with van der Waals surface area (Å²) in [6.07, 6.45) is 7.96. The lowest BCUT2D eigenvalue weighted by molar-refractivity contribution is -0.143. The Morgan fingerprint density at radius 2 is 1.55 bits per heavy atom. The number of nitrogens with two attached hydrogens (primary N) is 1. The van der Waals surface area contributed by atoms with E-state index in [1.165, 1.54) is 4.52 Å². The highest BCUT2D eigenvalue weighted by molar-refractivity contribution is 6.36. The van der Waals surface area contributed by atoms with Gasteiger partial charge in [0.2, 0.25) is 23.6 Å². The molecule has 7 rings (SSSR count). The molecule has 0 aliphatic carbocycles. The predicted octanol–water partition coefficient (Wildman–Crippen LogP) is 5.82. The van der Waals surface area contributed by atoms with Crippen molar-refractivity contribution in [3.05, 3.63) is 118 Å². The van der Waals surface area contributed by atoms with E-state index in [9.17, 15) is 24.3 Å². The van der Waals surface area contributed by atoms with Crippen LogP contribution in [-0.2, 0) is 27.4 Å². The van der Waals surface area contributed by atoms with Gasteiger partial charge in [-0.3, -0.25) is 34.0 Å². The van der Waals surface area contributed by atoms with E-state index < -0.39 is 11.9 Å². The summed E-state index contributed by atoms with van der Waals surface area (Å²) in [5.74, 6) is -0.391. The van der Waals surface area contributed by atoms with Gasteiger partial charge in [0.1, 0.15) is 11.4 Å². The fourth-order valence-electron chi connectivity index (χ4n) is 7.68. The van der Waals surface area contributed by atoms with Crippen molar-refractivity contribution in [2.24, 2.45) is 5.92 Å². The number of methoxy groups -OCH3 is 1. The largest absolute Gasteiger partial charge is 0.493 e. The number of amides is 3. The van der Waals surface area contributed by atoms with Crippen LogP contribution < -0.4 is 32.3 Å². The number of piperidine rings is 1. The molecular formula is C48H55ClN14O6. The molecule has 2 aromatic carbocycles. The molecule has 4 aromatic heterocycles. The maximum Gasteiger partial charge on any atom is 0.306 e. The van der Waals surface area contributed by atoms with Gasteiger partial charge in [-0.1, -0.05) is 54.9 Å². The number of nitrogens with one attached hydrogen (secondary N) is 5. The molecular weight excluding hydrogens is 904 g/mol. The minimum Gasteiger partial charge on any atom is -0.493 e. The summed E-state index contributed by atoms with van der Waals surface area (Å²) in [4.78, 5) is 74.3. The Bertz CT molecular complexity index is 2810. The van der Waals surface area contributed by atoms with Crippen molar-refractivity contribution < 1.29 is 29.0 Å². The Morgan fingerprint density at radius 3 is 2.22 bits per heavy atom. The van der Waals surface area contributed by atoms with E-state index in [1.807, 2.05) is 50.3 Å². The number of fused-ring (bicyclic) bond motifs is 1. The van der Waals surface area contributed by atoms with Crippen LogP contribution in [0.15, 0.2) is 79.1 Å². The lowest BCUT2D eigenvalue weighted by Gasteiger charge is -2.29. The van der Waals surface area contributed by atoms with Crippen molar-refractivity contribution in [3.63, 3.8) is 0 Å². The summed E-state index contributed by atoms with van der Waals surface area (Å²) in [5, 5.41) is 29.0. The number of aromatic nitrogens is 7. The molecule has 20 nitrogen and oxygen atoms in total. The second-order valence-electron chi connectivity index (χ2n) is 16.3. The fourth-order valence-corrected chi connectivity index (χ4v) is 7.96. The van der Waals surface area contributed by atoms with Gasteiger partial charge in [0.05, 0.1) is 23.7 Å². The van der Waals surface area contributed by atoms with Crippen LogP contribution in [0.3, 0.4) is 0 Å². The first-order chi connectivity index (χ1) is 33.4. The van der Waals surface area contributed by atoms with E-state index in [-0.39, 0.29) is 46.8 Å². The van der Waals surface area contributed by atoms with Gasteiger partial charge in [0.25, 0.3) is 17.6 Å². The minimum absolute atomic E-state index is 0.0909. The summed E-state index contributed by atoms with van der Waals surface area (Å²) >= 11 is 6.91. The number of hydrogen-bond acceptors (Lipinski definition) is 15. The van der Waals surface area contributed by atoms with Gasteiger partial charge < -0.3 is 42.2 Å². The number of benzene rings is 2. The van der Waals surface area contributed by atoms with E-state index in [0.717, 1.165) is 28.7 Å². The summed E-state index contributed by atoms with van der Waals surface area (Å²) in [6, 6.07) is 17.8. The molecule has 1 saturated heterocycles. The quantitative estimate of drug-likeness (QED) is 0.0331. The zero-order valence-corrected chi connectivity index (χ0v) is 39.3. The molecule has 5 heterocycles. The molecule has 69 heavy (non-hydrogen) atoms. The molecule has 21 heteroatoms. The summed E-state index contributed by atoms with van der Waals surface area (Å²) in [7, 11) is 1.54. The van der Waals surface area contributed by atoms with E-state index in [2.05, 4.69) is 61.5 Å². The zero-order valence-electron chi connectivity index (χ0n) is 38.6. The summed E-state index contributed by atoms with van der Waals surface area (Å²) in [6.45, 7) is 7.75. The minimum atomic E-state index is -0.744. The fraction of sp³-hybridized carbons (Fsp3) is 0.333. The molecule has 3 amide bonds. The molecule has 1 aliphatic heterocycles. The van der Waals surface area contributed by atoms with E-state index in [4.69, 9.17) is 22.1 Å². The average molecular weight is 960 g/mol. The van der Waals surface area contributed by atoms with Gasteiger partial charge in [-0.2, -0.15) is 19.5 Å². The molecule has 0 unspecified atom stereocenters. The highest BCUT2D eigenvalue weighted by atomic mass is 35.5. The monoisotopic (exact) mass is 958 g/mol. The van der Waals surface area contributed by atoms with Crippen LogP contribution in [0.2, 0.25) is 5.02 Å². The zero-order chi connectivity index (χ0) is 48.9. The second kappa shape index (κ2) is 23.5. The number of carboxylic acid groups (broad SMARTS) is 1. The SMILES string of the molecule is CC/C=C(\OC)c1nc2nc(NCCCC(=O)NCCNCc3ccc(C(=O)Nc4cccc(-c5cccc(NC(=O)c6ccc(CN7CCC(C(=O)O)CC7)cn6)c5Cl)c4C)nc3)nc(N)n2n1. The van der Waals surface area contributed by atoms with E-state index in [1.54, 1.807) is 49.8 Å². The molecule has 0 spiro atoms. The maximum absolute atomic E-state index is 13.3. The number of aliphatic carboxylic acids is 1. The van der Waals surface area contributed by atoms with Crippen molar-refractivity contribution in [2.75, 3.05) is 61.5 Å². The Balaban J connectivity index is 0.826. The molecule has 0 bridgehead atoms. The van der Waals surface area contributed by atoms with Crippen LogP contribution >= 0.6 is 11.6 Å². The van der Waals surface area contributed by atoms with Crippen molar-refractivity contribution in [1.29, 1.82) is 0 Å². The highest BCUT2D eigenvalue weighted by Crippen LogP contribution is 2.37. The number of carboxylic acids is 1. The van der Waals surface area contributed by atoms with Gasteiger partial charge in [-0.15, -0.1) is 5.10 Å². The van der Waals surface area contributed by atoms with Crippen LogP contribution in [0.1, 0.15) is 82.5 Å². The molecule has 360 valence electrons. The number of ether oxygens (including phenoxy) is 1.